The predicted molar refractivity (Wildman–Crippen MR) is 79.8 cm³/mol. The number of carbonyl (C=O) groups excluding carboxylic acids is 1. The summed E-state index contributed by atoms with van der Waals surface area (Å²) < 4.78 is 35.1. The number of ether oxygens (including phenoxy) is 1. The minimum atomic E-state index is -3.87. The van der Waals surface area contributed by atoms with E-state index in [4.69, 9.17) is 8.92 Å². The monoisotopic (exact) mass is 339 g/mol. The highest BCUT2D eigenvalue weighted by Gasteiger charge is 2.16. The molecule has 0 saturated heterocycles. The average molecular weight is 339 g/mol. The van der Waals surface area contributed by atoms with Gasteiger partial charge in [0.25, 0.3) is 10.1 Å². The van der Waals surface area contributed by atoms with Crippen molar-refractivity contribution in [2.75, 3.05) is 6.61 Å². The van der Waals surface area contributed by atoms with Crippen molar-refractivity contribution < 1.29 is 22.1 Å². The molecule has 1 heterocycles. The van der Waals surface area contributed by atoms with Crippen molar-refractivity contribution in [1.82, 2.24) is 15.0 Å². The molecule has 0 fully saturated rings. The van der Waals surface area contributed by atoms with Gasteiger partial charge >= 0.3 is 5.97 Å². The van der Waals surface area contributed by atoms with Gasteiger partial charge in [0.05, 0.1) is 17.7 Å². The largest absolute Gasteiger partial charge is 0.465 e. The van der Waals surface area contributed by atoms with Gasteiger partial charge in [0.1, 0.15) is 18.8 Å². The van der Waals surface area contributed by atoms with Crippen LogP contribution in [0.3, 0.4) is 0 Å². The molecule has 2 aromatic rings. The highest BCUT2D eigenvalue weighted by molar-refractivity contribution is 7.86. The van der Waals surface area contributed by atoms with Crippen LogP contribution in [-0.4, -0.2) is 36.0 Å². The Morgan fingerprint density at radius 3 is 2.61 bits per heavy atom. The second-order valence-electron chi connectivity index (χ2n) is 4.74. The van der Waals surface area contributed by atoms with Crippen molar-refractivity contribution in [3.05, 3.63) is 41.7 Å². The Morgan fingerprint density at radius 1 is 1.26 bits per heavy atom. The Morgan fingerprint density at radius 2 is 1.96 bits per heavy atom. The van der Waals surface area contributed by atoms with Crippen molar-refractivity contribution in [3.8, 4) is 0 Å². The average Bonchev–Trinajstić information content (AvgIpc) is 2.93. The van der Waals surface area contributed by atoms with Crippen LogP contribution in [0.2, 0.25) is 0 Å². The molecule has 0 aliphatic heterocycles. The molecule has 1 aromatic carbocycles. The lowest BCUT2D eigenvalue weighted by atomic mass is 10.2. The van der Waals surface area contributed by atoms with E-state index >= 15 is 0 Å². The number of benzene rings is 1. The Labute approximate surface area is 134 Å². The molecular weight excluding hydrogens is 322 g/mol. The van der Waals surface area contributed by atoms with Gasteiger partial charge in [-0.15, -0.1) is 5.10 Å². The van der Waals surface area contributed by atoms with Crippen LogP contribution in [0.1, 0.15) is 18.2 Å². The van der Waals surface area contributed by atoms with Crippen LogP contribution in [0.15, 0.2) is 35.4 Å². The SMILES string of the molecule is CCOC(=O)Cn1cc(COS(=O)(=O)c2ccc(C)cc2)nn1. The van der Waals surface area contributed by atoms with E-state index in [1.807, 2.05) is 6.92 Å². The molecule has 0 spiro atoms. The molecule has 0 saturated carbocycles. The zero-order chi connectivity index (χ0) is 16.9. The highest BCUT2D eigenvalue weighted by Crippen LogP contribution is 2.14. The summed E-state index contributed by atoms with van der Waals surface area (Å²) in [6, 6.07) is 6.32. The van der Waals surface area contributed by atoms with Gasteiger partial charge in [0.2, 0.25) is 0 Å². The molecule has 0 aliphatic carbocycles. The molecule has 2 rings (SSSR count). The van der Waals surface area contributed by atoms with Crippen LogP contribution in [0.25, 0.3) is 0 Å². The third-order valence-electron chi connectivity index (χ3n) is 2.85. The van der Waals surface area contributed by atoms with Gasteiger partial charge in [-0.1, -0.05) is 22.9 Å². The van der Waals surface area contributed by atoms with E-state index < -0.39 is 16.1 Å². The molecule has 8 nitrogen and oxygen atoms in total. The van der Waals surface area contributed by atoms with Crippen molar-refractivity contribution in [1.29, 1.82) is 0 Å². The summed E-state index contributed by atoms with van der Waals surface area (Å²) in [7, 11) is -3.87. The molecule has 9 heteroatoms. The normalized spacial score (nSPS) is 11.4. The lowest BCUT2D eigenvalue weighted by Crippen LogP contribution is -2.13. The first-order chi connectivity index (χ1) is 10.9. The van der Waals surface area contributed by atoms with Crippen LogP contribution < -0.4 is 0 Å². The second-order valence-corrected chi connectivity index (χ2v) is 6.36. The van der Waals surface area contributed by atoms with Crippen LogP contribution in [0, 0.1) is 6.92 Å². The first-order valence-corrected chi connectivity index (χ1v) is 8.32. The number of carbonyl (C=O) groups is 1. The molecule has 124 valence electrons. The molecule has 0 amide bonds. The summed E-state index contributed by atoms with van der Waals surface area (Å²) in [5.74, 6) is -0.447. The van der Waals surface area contributed by atoms with Crippen molar-refractivity contribution in [2.45, 2.75) is 31.9 Å². The molecule has 0 atom stereocenters. The van der Waals surface area contributed by atoms with Crippen molar-refractivity contribution in [2.24, 2.45) is 0 Å². The van der Waals surface area contributed by atoms with E-state index in [2.05, 4.69) is 10.3 Å². The van der Waals surface area contributed by atoms with Crippen molar-refractivity contribution in [3.63, 3.8) is 0 Å². The highest BCUT2D eigenvalue weighted by atomic mass is 32.2. The van der Waals surface area contributed by atoms with Crippen LogP contribution >= 0.6 is 0 Å². The number of nitrogens with zero attached hydrogens (tertiary/aromatic N) is 3. The van der Waals surface area contributed by atoms with Gasteiger partial charge in [-0.3, -0.25) is 8.98 Å². The Balaban J connectivity index is 1.96. The molecule has 0 N–H and O–H groups in total. The topological polar surface area (TPSA) is 100 Å². The summed E-state index contributed by atoms with van der Waals surface area (Å²) in [6.07, 6.45) is 1.43. The summed E-state index contributed by atoms with van der Waals surface area (Å²) in [5.41, 5.74) is 1.25. The van der Waals surface area contributed by atoms with Crippen molar-refractivity contribution >= 4 is 16.1 Å². The molecule has 0 aliphatic rings. The Bertz CT molecular complexity index is 768. The fourth-order valence-corrected chi connectivity index (χ4v) is 2.61. The number of rotatable bonds is 7. The fourth-order valence-electron chi connectivity index (χ4n) is 1.73. The molecule has 1 aromatic heterocycles. The Hall–Kier alpha value is -2.26. The summed E-state index contributed by atoms with van der Waals surface area (Å²) in [5, 5.41) is 7.47. The molecule has 0 radical (unpaired) electrons. The van der Waals surface area contributed by atoms with E-state index in [0.29, 0.717) is 5.69 Å². The lowest BCUT2D eigenvalue weighted by molar-refractivity contribution is -0.144. The van der Waals surface area contributed by atoms with E-state index in [1.54, 1.807) is 19.1 Å². The fraction of sp³-hybridized carbons (Fsp3) is 0.357. The zero-order valence-corrected chi connectivity index (χ0v) is 13.6. The van der Waals surface area contributed by atoms with Gasteiger partial charge in [-0.05, 0) is 26.0 Å². The third-order valence-corrected chi connectivity index (χ3v) is 4.13. The molecule has 0 unspecified atom stereocenters. The minimum absolute atomic E-state index is 0.0713. The van der Waals surface area contributed by atoms with Gasteiger partial charge in [0.15, 0.2) is 0 Å². The Kier molecular flexibility index (Phi) is 5.45. The standard InChI is InChI=1S/C14H17N3O5S/c1-3-21-14(18)9-17-8-12(15-16-17)10-22-23(19,20)13-6-4-11(2)5-7-13/h4-8H,3,9-10H2,1-2H3. The maximum Gasteiger partial charge on any atom is 0.327 e. The maximum atomic E-state index is 12.0. The number of aryl methyl sites for hydroxylation is 1. The quantitative estimate of drug-likeness (QED) is 0.549. The lowest BCUT2D eigenvalue weighted by Gasteiger charge is -2.04. The van der Waals surface area contributed by atoms with Crippen LogP contribution in [0.4, 0.5) is 0 Å². The molecule has 0 bridgehead atoms. The first-order valence-electron chi connectivity index (χ1n) is 6.91. The zero-order valence-electron chi connectivity index (χ0n) is 12.8. The smallest absolute Gasteiger partial charge is 0.327 e. The number of aromatic nitrogens is 3. The molecular formula is C14H17N3O5S. The second kappa shape index (κ2) is 7.34. The summed E-state index contributed by atoms with van der Waals surface area (Å²) in [4.78, 5) is 11.4. The third kappa shape index (κ3) is 4.86. The minimum Gasteiger partial charge on any atom is -0.465 e. The molecule has 23 heavy (non-hydrogen) atoms. The number of hydrogen-bond acceptors (Lipinski definition) is 7. The van der Waals surface area contributed by atoms with E-state index in [1.165, 1.54) is 23.0 Å². The first kappa shape index (κ1) is 17.1. The van der Waals surface area contributed by atoms with Gasteiger partial charge in [0, 0.05) is 0 Å². The van der Waals surface area contributed by atoms with E-state index in [9.17, 15) is 13.2 Å². The van der Waals surface area contributed by atoms with Crippen LogP contribution in [-0.2, 0) is 37.0 Å². The predicted octanol–water partition coefficient (Wildman–Crippen LogP) is 1.06. The van der Waals surface area contributed by atoms with Crippen LogP contribution in [0.5, 0.6) is 0 Å². The van der Waals surface area contributed by atoms with Gasteiger partial charge < -0.3 is 4.74 Å². The van der Waals surface area contributed by atoms with E-state index in [0.717, 1.165) is 5.56 Å². The van der Waals surface area contributed by atoms with Gasteiger partial charge in [-0.25, -0.2) is 4.68 Å². The number of esters is 1. The summed E-state index contributed by atoms with van der Waals surface area (Å²) in [6.45, 7) is 3.48. The number of hydrogen-bond donors (Lipinski definition) is 0. The summed E-state index contributed by atoms with van der Waals surface area (Å²) >= 11 is 0. The maximum absolute atomic E-state index is 12.0. The van der Waals surface area contributed by atoms with Gasteiger partial charge in [-0.2, -0.15) is 8.42 Å². The van der Waals surface area contributed by atoms with E-state index in [-0.39, 0.29) is 24.7 Å².